The van der Waals surface area contributed by atoms with E-state index >= 15 is 0 Å². The third-order valence-electron chi connectivity index (χ3n) is 4.66. The first-order valence-corrected chi connectivity index (χ1v) is 7.76. The highest BCUT2D eigenvalue weighted by atomic mass is 16.3. The number of likely N-dealkylation sites (tertiary alicyclic amines) is 1. The minimum atomic E-state index is -0.135. The van der Waals surface area contributed by atoms with Gasteiger partial charge in [0.15, 0.2) is 0 Å². The molecular weight excluding hydrogens is 252 g/mol. The van der Waals surface area contributed by atoms with Gasteiger partial charge in [0.2, 0.25) is 5.91 Å². The molecule has 1 saturated carbocycles. The highest BCUT2D eigenvalue weighted by Crippen LogP contribution is 2.47. The van der Waals surface area contributed by atoms with Gasteiger partial charge in [-0.2, -0.15) is 0 Å². The molecule has 1 aliphatic heterocycles. The van der Waals surface area contributed by atoms with Gasteiger partial charge in [0.1, 0.15) is 11.5 Å². The Hall–Kier alpha value is -1.29. The van der Waals surface area contributed by atoms with Gasteiger partial charge in [-0.1, -0.05) is 6.92 Å². The van der Waals surface area contributed by atoms with Gasteiger partial charge in [0.05, 0.1) is 5.92 Å². The first-order valence-electron chi connectivity index (χ1n) is 7.76. The van der Waals surface area contributed by atoms with Crippen molar-refractivity contribution in [3.63, 3.8) is 0 Å². The van der Waals surface area contributed by atoms with Gasteiger partial charge in [-0.05, 0) is 37.3 Å². The molecule has 0 bridgehead atoms. The van der Waals surface area contributed by atoms with Crippen LogP contribution in [0.2, 0.25) is 0 Å². The van der Waals surface area contributed by atoms with E-state index in [1.165, 1.54) is 6.42 Å². The number of carbonyl (C=O) groups is 1. The normalized spacial score (nSPS) is 26.8. The second-order valence-electron chi connectivity index (χ2n) is 6.29. The van der Waals surface area contributed by atoms with Crippen LogP contribution in [0.4, 0.5) is 0 Å². The van der Waals surface area contributed by atoms with Gasteiger partial charge < -0.3 is 15.1 Å². The van der Waals surface area contributed by atoms with Crippen LogP contribution in [0.5, 0.6) is 0 Å². The van der Waals surface area contributed by atoms with Crippen molar-refractivity contribution < 1.29 is 9.21 Å². The lowest BCUT2D eigenvalue weighted by Gasteiger charge is -2.21. The summed E-state index contributed by atoms with van der Waals surface area (Å²) in [5.74, 6) is 3.38. The fourth-order valence-electron chi connectivity index (χ4n) is 3.13. The molecular formula is C16H24N2O2. The van der Waals surface area contributed by atoms with Crippen LogP contribution in [-0.2, 0) is 11.2 Å². The van der Waals surface area contributed by atoms with Crippen LogP contribution in [0.15, 0.2) is 16.5 Å². The third kappa shape index (κ3) is 2.75. The number of hydrogen-bond donors (Lipinski definition) is 1. The molecule has 3 unspecified atom stereocenters. The van der Waals surface area contributed by atoms with Crippen molar-refractivity contribution >= 4 is 5.91 Å². The topological polar surface area (TPSA) is 59.5 Å². The van der Waals surface area contributed by atoms with E-state index in [-0.39, 0.29) is 11.8 Å². The van der Waals surface area contributed by atoms with Gasteiger partial charge in [0.25, 0.3) is 0 Å². The van der Waals surface area contributed by atoms with E-state index in [4.69, 9.17) is 10.2 Å². The molecule has 1 amide bonds. The van der Waals surface area contributed by atoms with Crippen molar-refractivity contribution in [3.8, 4) is 0 Å². The van der Waals surface area contributed by atoms with Gasteiger partial charge in [0, 0.05) is 32.0 Å². The second-order valence-corrected chi connectivity index (χ2v) is 6.29. The van der Waals surface area contributed by atoms with Crippen molar-refractivity contribution in [1.29, 1.82) is 0 Å². The zero-order valence-electron chi connectivity index (χ0n) is 12.2. The maximum absolute atomic E-state index is 12.4. The van der Waals surface area contributed by atoms with Gasteiger partial charge in [-0.3, -0.25) is 4.79 Å². The lowest BCUT2D eigenvalue weighted by Crippen LogP contribution is -2.38. The lowest BCUT2D eigenvalue weighted by molar-refractivity contribution is -0.134. The quantitative estimate of drug-likeness (QED) is 0.896. The Bertz CT molecular complexity index is 477. The number of hydrogen-bond acceptors (Lipinski definition) is 3. The Morgan fingerprint density at radius 1 is 1.45 bits per heavy atom. The molecule has 4 nitrogen and oxygen atoms in total. The summed E-state index contributed by atoms with van der Waals surface area (Å²) in [5.41, 5.74) is 5.80. The predicted molar refractivity (Wildman–Crippen MR) is 77.3 cm³/mol. The first-order chi connectivity index (χ1) is 9.69. The maximum Gasteiger partial charge on any atom is 0.227 e. The monoisotopic (exact) mass is 276 g/mol. The van der Waals surface area contributed by atoms with E-state index in [0.717, 1.165) is 43.4 Å². The van der Waals surface area contributed by atoms with Crippen molar-refractivity contribution in [2.75, 3.05) is 19.6 Å². The molecule has 3 rings (SSSR count). The summed E-state index contributed by atoms with van der Waals surface area (Å²) in [5, 5.41) is 0. The number of nitrogens with zero attached hydrogens (tertiary/aromatic N) is 1. The van der Waals surface area contributed by atoms with Crippen LogP contribution in [0.3, 0.4) is 0 Å². The molecule has 2 N–H and O–H groups in total. The number of furan rings is 1. The highest BCUT2D eigenvalue weighted by Gasteiger charge is 2.36. The summed E-state index contributed by atoms with van der Waals surface area (Å²) in [6, 6.07) is 4.08. The van der Waals surface area contributed by atoms with E-state index in [1.54, 1.807) is 0 Å². The van der Waals surface area contributed by atoms with Crippen molar-refractivity contribution in [3.05, 3.63) is 23.7 Å². The number of nitrogens with two attached hydrogens (primary N) is 1. The molecule has 2 fully saturated rings. The minimum Gasteiger partial charge on any atom is -0.466 e. The summed E-state index contributed by atoms with van der Waals surface area (Å²) in [7, 11) is 0. The van der Waals surface area contributed by atoms with Crippen molar-refractivity contribution in [1.82, 2.24) is 4.90 Å². The van der Waals surface area contributed by atoms with Crippen LogP contribution in [-0.4, -0.2) is 30.4 Å². The second kappa shape index (κ2) is 5.60. The number of amides is 1. The molecule has 1 aromatic heterocycles. The number of rotatable bonds is 5. The Morgan fingerprint density at radius 3 is 2.75 bits per heavy atom. The Balaban J connectivity index is 1.62. The molecule has 1 aliphatic carbocycles. The average molecular weight is 276 g/mol. The van der Waals surface area contributed by atoms with Gasteiger partial charge in [-0.25, -0.2) is 0 Å². The van der Waals surface area contributed by atoms with E-state index in [0.29, 0.717) is 18.9 Å². The summed E-state index contributed by atoms with van der Waals surface area (Å²) in [6.07, 6.45) is 4.09. The fourth-order valence-corrected chi connectivity index (χ4v) is 3.13. The molecule has 2 heterocycles. The molecule has 0 spiro atoms. The van der Waals surface area contributed by atoms with E-state index in [2.05, 4.69) is 13.0 Å². The minimum absolute atomic E-state index is 0.135. The maximum atomic E-state index is 12.4. The summed E-state index contributed by atoms with van der Waals surface area (Å²) in [6.45, 7) is 4.41. The van der Waals surface area contributed by atoms with Crippen LogP contribution in [0.25, 0.3) is 0 Å². The molecule has 1 aromatic rings. The zero-order chi connectivity index (χ0) is 14.1. The summed E-state index contributed by atoms with van der Waals surface area (Å²) >= 11 is 0. The fraction of sp³-hybridized carbons (Fsp3) is 0.688. The van der Waals surface area contributed by atoms with Crippen molar-refractivity contribution in [2.45, 2.75) is 38.5 Å². The molecule has 20 heavy (non-hydrogen) atoms. The molecule has 0 radical (unpaired) electrons. The average Bonchev–Trinajstić information content (AvgIpc) is 2.93. The largest absolute Gasteiger partial charge is 0.466 e. The van der Waals surface area contributed by atoms with Crippen LogP contribution in [0, 0.1) is 11.8 Å². The van der Waals surface area contributed by atoms with E-state index in [9.17, 15) is 4.79 Å². The summed E-state index contributed by atoms with van der Waals surface area (Å²) in [4.78, 5) is 14.3. The van der Waals surface area contributed by atoms with E-state index in [1.807, 2.05) is 11.0 Å². The molecule has 2 aliphatic rings. The third-order valence-corrected chi connectivity index (χ3v) is 4.66. The molecule has 4 heteroatoms. The molecule has 0 aromatic carbocycles. The van der Waals surface area contributed by atoms with Gasteiger partial charge >= 0.3 is 0 Å². The standard InChI is InChI=1S/C16H24N2O2/c1-11-8-14(11)15-5-4-13(20-15)9-12(10-17)16(19)18-6-2-3-7-18/h4-5,11-12,14H,2-3,6-10,17H2,1H3. The SMILES string of the molecule is CC1CC1c1ccc(CC(CN)C(=O)N2CCCC2)o1. The van der Waals surface area contributed by atoms with Crippen LogP contribution < -0.4 is 5.73 Å². The lowest BCUT2D eigenvalue weighted by atomic mass is 10.0. The van der Waals surface area contributed by atoms with Gasteiger partial charge in [-0.15, -0.1) is 0 Å². The molecule has 110 valence electrons. The molecule has 1 saturated heterocycles. The smallest absolute Gasteiger partial charge is 0.227 e. The predicted octanol–water partition coefficient (Wildman–Crippen LogP) is 2.14. The Labute approximate surface area is 120 Å². The first kappa shape index (κ1) is 13.7. The molecule has 3 atom stereocenters. The summed E-state index contributed by atoms with van der Waals surface area (Å²) < 4.78 is 5.90. The van der Waals surface area contributed by atoms with E-state index < -0.39 is 0 Å². The van der Waals surface area contributed by atoms with Crippen molar-refractivity contribution in [2.24, 2.45) is 17.6 Å². The Kier molecular flexibility index (Phi) is 3.83. The van der Waals surface area contributed by atoms with Crippen LogP contribution in [0.1, 0.15) is 43.6 Å². The Morgan fingerprint density at radius 2 is 2.15 bits per heavy atom. The number of carbonyl (C=O) groups excluding carboxylic acids is 1. The highest BCUT2D eigenvalue weighted by molar-refractivity contribution is 5.79. The zero-order valence-corrected chi connectivity index (χ0v) is 12.2. The van der Waals surface area contributed by atoms with Crippen LogP contribution >= 0.6 is 0 Å².